The van der Waals surface area contributed by atoms with E-state index in [4.69, 9.17) is 5.11 Å². The summed E-state index contributed by atoms with van der Waals surface area (Å²) in [6, 6.07) is 0. The number of amides is 1. The summed E-state index contributed by atoms with van der Waals surface area (Å²) in [4.78, 5) is 12.7. The highest BCUT2D eigenvalue weighted by molar-refractivity contribution is 5.77. The molecule has 2 rings (SSSR count). The number of rotatable bonds is 2. The number of aliphatic hydroxyl groups excluding tert-OH is 1. The first-order chi connectivity index (χ1) is 6.15. The molecule has 74 valence electrons. The lowest BCUT2D eigenvalue weighted by Gasteiger charge is -2.22. The number of aliphatic hydroxyl groups is 2. The predicted molar refractivity (Wildman–Crippen MR) is 46.0 cm³/mol. The van der Waals surface area contributed by atoms with Crippen molar-refractivity contribution in [2.45, 2.75) is 24.9 Å². The first-order valence-corrected chi connectivity index (χ1v) is 4.77. The van der Waals surface area contributed by atoms with Gasteiger partial charge >= 0.3 is 0 Å². The third-order valence-corrected chi connectivity index (χ3v) is 3.10. The fraction of sp³-hybridized carbons (Fsp3) is 0.889. The van der Waals surface area contributed by atoms with E-state index in [0.29, 0.717) is 25.4 Å². The maximum atomic E-state index is 11.1. The second kappa shape index (κ2) is 2.96. The molecule has 1 aliphatic heterocycles. The fourth-order valence-electron chi connectivity index (χ4n) is 2.08. The molecule has 1 saturated carbocycles. The van der Waals surface area contributed by atoms with Crippen LogP contribution >= 0.6 is 0 Å². The Morgan fingerprint density at radius 1 is 1.54 bits per heavy atom. The Morgan fingerprint density at radius 3 is 2.77 bits per heavy atom. The molecule has 4 nitrogen and oxygen atoms in total. The van der Waals surface area contributed by atoms with Gasteiger partial charge in [-0.1, -0.05) is 0 Å². The summed E-state index contributed by atoms with van der Waals surface area (Å²) >= 11 is 0. The van der Waals surface area contributed by atoms with Gasteiger partial charge < -0.3 is 15.1 Å². The summed E-state index contributed by atoms with van der Waals surface area (Å²) in [6.45, 7) is 0.560. The van der Waals surface area contributed by atoms with Gasteiger partial charge in [0.1, 0.15) is 6.61 Å². The molecule has 1 atom stereocenters. The molecule has 1 heterocycles. The highest BCUT2D eigenvalue weighted by atomic mass is 16.3. The number of likely N-dealkylation sites (tertiary alicyclic amines) is 1. The minimum Gasteiger partial charge on any atom is -0.388 e. The van der Waals surface area contributed by atoms with Crippen molar-refractivity contribution >= 4 is 5.91 Å². The quantitative estimate of drug-likeness (QED) is 0.601. The van der Waals surface area contributed by atoms with E-state index in [2.05, 4.69) is 0 Å². The third kappa shape index (κ3) is 1.56. The van der Waals surface area contributed by atoms with E-state index in [-0.39, 0.29) is 5.91 Å². The molecule has 1 amide bonds. The van der Waals surface area contributed by atoms with Crippen molar-refractivity contribution in [3.63, 3.8) is 0 Å². The van der Waals surface area contributed by atoms with Gasteiger partial charge in [-0.05, 0) is 25.2 Å². The predicted octanol–water partition coefficient (Wildman–Crippen LogP) is -0.648. The Bertz CT molecular complexity index is 227. The molecule has 0 aromatic carbocycles. The number of hydrogen-bond donors (Lipinski definition) is 2. The Morgan fingerprint density at radius 2 is 2.23 bits per heavy atom. The summed E-state index contributed by atoms with van der Waals surface area (Å²) in [5.41, 5.74) is -0.648. The zero-order chi connectivity index (χ0) is 9.47. The molecular formula is C9H15NO3. The molecule has 0 bridgehead atoms. The molecule has 0 spiro atoms. The van der Waals surface area contributed by atoms with Crippen LogP contribution in [0, 0.1) is 5.92 Å². The summed E-state index contributed by atoms with van der Waals surface area (Å²) in [7, 11) is 0. The molecule has 0 aromatic rings. The highest BCUT2D eigenvalue weighted by Crippen LogP contribution is 2.44. The third-order valence-electron chi connectivity index (χ3n) is 3.10. The van der Waals surface area contributed by atoms with Crippen molar-refractivity contribution in [3.8, 4) is 0 Å². The first-order valence-electron chi connectivity index (χ1n) is 4.77. The van der Waals surface area contributed by atoms with Crippen LogP contribution < -0.4 is 0 Å². The van der Waals surface area contributed by atoms with Crippen LogP contribution in [0.2, 0.25) is 0 Å². The molecule has 2 aliphatic rings. The standard InChI is InChI=1S/C9H15NO3/c11-5-8(12)10-4-3-9(13,6-10)7-1-2-7/h7,11,13H,1-6H2. The van der Waals surface area contributed by atoms with E-state index in [1.54, 1.807) is 4.90 Å². The van der Waals surface area contributed by atoms with Crippen LogP contribution in [0.4, 0.5) is 0 Å². The van der Waals surface area contributed by atoms with E-state index in [1.165, 1.54) is 0 Å². The lowest BCUT2D eigenvalue weighted by Crippen LogP contribution is -2.38. The summed E-state index contributed by atoms with van der Waals surface area (Å²) < 4.78 is 0. The van der Waals surface area contributed by atoms with E-state index in [9.17, 15) is 9.90 Å². The van der Waals surface area contributed by atoms with Gasteiger partial charge in [-0.3, -0.25) is 4.79 Å². The number of nitrogens with zero attached hydrogens (tertiary/aromatic N) is 1. The smallest absolute Gasteiger partial charge is 0.248 e. The van der Waals surface area contributed by atoms with Gasteiger partial charge in [-0.15, -0.1) is 0 Å². The van der Waals surface area contributed by atoms with E-state index >= 15 is 0 Å². The maximum Gasteiger partial charge on any atom is 0.248 e. The summed E-state index contributed by atoms with van der Waals surface area (Å²) in [5.74, 6) is 0.126. The summed E-state index contributed by atoms with van der Waals surface area (Å²) in [6.07, 6.45) is 2.83. The van der Waals surface area contributed by atoms with Crippen molar-refractivity contribution < 1.29 is 15.0 Å². The largest absolute Gasteiger partial charge is 0.388 e. The molecule has 13 heavy (non-hydrogen) atoms. The fourth-order valence-corrected chi connectivity index (χ4v) is 2.08. The average Bonchev–Trinajstić information content (AvgIpc) is 2.90. The average molecular weight is 185 g/mol. The molecule has 0 radical (unpaired) electrons. The van der Waals surface area contributed by atoms with E-state index in [0.717, 1.165) is 12.8 Å². The zero-order valence-corrected chi connectivity index (χ0v) is 7.57. The molecule has 1 aliphatic carbocycles. The molecular weight excluding hydrogens is 170 g/mol. The number of β-amino-alcohol motifs (C(OH)–C–C–N with tert-alkyl or cyclic N) is 1. The van der Waals surface area contributed by atoms with Gasteiger partial charge in [0.05, 0.1) is 5.60 Å². The topological polar surface area (TPSA) is 60.8 Å². The normalized spacial score (nSPS) is 33.8. The lowest BCUT2D eigenvalue weighted by molar-refractivity contribution is -0.134. The number of carbonyl (C=O) groups excluding carboxylic acids is 1. The van der Waals surface area contributed by atoms with Gasteiger partial charge in [0, 0.05) is 13.1 Å². The van der Waals surface area contributed by atoms with Crippen molar-refractivity contribution in [3.05, 3.63) is 0 Å². The number of carbonyl (C=O) groups is 1. The van der Waals surface area contributed by atoms with Gasteiger partial charge in [-0.25, -0.2) is 0 Å². The Labute approximate surface area is 77.2 Å². The highest BCUT2D eigenvalue weighted by Gasteiger charge is 2.48. The molecule has 4 heteroatoms. The molecule has 1 saturated heterocycles. The van der Waals surface area contributed by atoms with Crippen molar-refractivity contribution in [2.75, 3.05) is 19.7 Å². The van der Waals surface area contributed by atoms with Crippen LogP contribution in [-0.4, -0.2) is 46.3 Å². The minimum absolute atomic E-state index is 0.267. The van der Waals surface area contributed by atoms with Crippen LogP contribution in [0.3, 0.4) is 0 Å². The van der Waals surface area contributed by atoms with E-state index < -0.39 is 12.2 Å². The first kappa shape index (κ1) is 8.97. The van der Waals surface area contributed by atoms with Crippen LogP contribution in [0.1, 0.15) is 19.3 Å². The van der Waals surface area contributed by atoms with Gasteiger partial charge in [0.2, 0.25) is 5.91 Å². The van der Waals surface area contributed by atoms with Crippen LogP contribution in [0.5, 0.6) is 0 Å². The zero-order valence-electron chi connectivity index (χ0n) is 7.57. The van der Waals surface area contributed by atoms with Crippen LogP contribution in [0.25, 0.3) is 0 Å². The molecule has 1 unspecified atom stereocenters. The Hall–Kier alpha value is -0.610. The van der Waals surface area contributed by atoms with Crippen LogP contribution in [-0.2, 0) is 4.79 Å². The molecule has 2 N–H and O–H groups in total. The molecule has 0 aromatic heterocycles. The number of hydrogen-bond acceptors (Lipinski definition) is 3. The second-order valence-corrected chi connectivity index (χ2v) is 4.10. The second-order valence-electron chi connectivity index (χ2n) is 4.10. The van der Waals surface area contributed by atoms with E-state index in [1.807, 2.05) is 0 Å². The van der Waals surface area contributed by atoms with Crippen LogP contribution in [0.15, 0.2) is 0 Å². The van der Waals surface area contributed by atoms with Gasteiger partial charge in [0.25, 0.3) is 0 Å². The Balaban J connectivity index is 1.96. The van der Waals surface area contributed by atoms with Crippen molar-refractivity contribution in [1.29, 1.82) is 0 Å². The van der Waals surface area contributed by atoms with Gasteiger partial charge in [-0.2, -0.15) is 0 Å². The SMILES string of the molecule is O=C(CO)N1CCC(O)(C2CC2)C1. The molecule has 2 fully saturated rings. The van der Waals surface area contributed by atoms with Crippen molar-refractivity contribution in [2.24, 2.45) is 5.92 Å². The minimum atomic E-state index is -0.648. The van der Waals surface area contributed by atoms with Crippen molar-refractivity contribution in [1.82, 2.24) is 4.90 Å². The van der Waals surface area contributed by atoms with Gasteiger partial charge in [0.15, 0.2) is 0 Å². The Kier molecular flexibility index (Phi) is 2.04. The summed E-state index contributed by atoms with van der Waals surface area (Å²) in [5, 5.41) is 18.7. The lowest BCUT2D eigenvalue weighted by atomic mass is 9.97. The maximum absolute atomic E-state index is 11.1. The monoisotopic (exact) mass is 185 g/mol.